The van der Waals surface area contributed by atoms with Crippen LogP contribution >= 0.6 is 7.28 Å². The second-order valence-corrected chi connectivity index (χ2v) is 8.27. The van der Waals surface area contributed by atoms with Gasteiger partial charge in [-0.3, -0.25) is 0 Å². The van der Waals surface area contributed by atoms with Gasteiger partial charge < -0.3 is 0 Å². The number of hydrogen-bond donors (Lipinski definition) is 0. The molecule has 0 amide bonds. The molecule has 1 aliphatic rings. The number of rotatable bonds is 4. The molecule has 0 radical (unpaired) electrons. The van der Waals surface area contributed by atoms with Gasteiger partial charge in [-0.2, -0.15) is 0 Å². The third-order valence-electron chi connectivity index (χ3n) is 3.07. The third-order valence-corrected chi connectivity index (χ3v) is 7.12. The Morgan fingerprint density at radius 1 is 1.33 bits per heavy atom. The maximum atomic E-state index is 12.5. The van der Waals surface area contributed by atoms with Crippen LogP contribution < -0.4 is 4.89 Å². The Balaban J connectivity index is 3.18. The third kappa shape index (κ3) is 3.25. The van der Waals surface area contributed by atoms with E-state index in [0.717, 1.165) is 14.0 Å². The summed E-state index contributed by atoms with van der Waals surface area (Å²) in [5, 5.41) is 0. The number of esters is 1. The van der Waals surface area contributed by atoms with Gasteiger partial charge in [0.1, 0.15) is 0 Å². The molecule has 0 aromatic rings. The van der Waals surface area contributed by atoms with E-state index >= 15 is 0 Å². The van der Waals surface area contributed by atoms with Crippen molar-refractivity contribution in [1.82, 2.24) is 0 Å². The SMILES string of the molecule is CCP1([O-])(OC(C(F)(F)F)C(F)(F)F)OCC1C(=O)OC. The average Bonchev–Trinajstić information content (AvgIpc) is 2.31. The van der Waals surface area contributed by atoms with Gasteiger partial charge in [-0.15, -0.1) is 0 Å². The summed E-state index contributed by atoms with van der Waals surface area (Å²) in [6, 6.07) is 0. The van der Waals surface area contributed by atoms with Gasteiger partial charge >= 0.3 is 114 Å². The van der Waals surface area contributed by atoms with Crippen LogP contribution in [0.3, 0.4) is 0 Å². The summed E-state index contributed by atoms with van der Waals surface area (Å²) in [4.78, 5) is 23.9. The molecule has 1 atom stereocenters. The van der Waals surface area contributed by atoms with Gasteiger partial charge in [0.05, 0.1) is 0 Å². The fourth-order valence-electron chi connectivity index (χ4n) is 1.80. The minimum absolute atomic E-state index is 0.635. The number of ether oxygens (including phenoxy) is 1. The Bertz CT molecular complexity index is 406. The zero-order valence-corrected chi connectivity index (χ0v) is 11.7. The number of methoxy groups -OCH3 is 1. The van der Waals surface area contributed by atoms with Crippen molar-refractivity contribution in [2.24, 2.45) is 0 Å². The Morgan fingerprint density at radius 2 is 1.81 bits per heavy atom. The predicted octanol–water partition coefficient (Wildman–Crippen LogP) is 1.75. The first-order valence-electron chi connectivity index (χ1n) is 5.58. The van der Waals surface area contributed by atoms with E-state index in [0.29, 0.717) is 0 Å². The van der Waals surface area contributed by atoms with Gasteiger partial charge in [0.15, 0.2) is 0 Å². The van der Waals surface area contributed by atoms with E-state index in [1.165, 1.54) is 0 Å². The summed E-state index contributed by atoms with van der Waals surface area (Å²) in [6.45, 7) is 0.369. The molecule has 0 N–H and O–H groups in total. The van der Waals surface area contributed by atoms with Crippen molar-refractivity contribution in [3.8, 4) is 0 Å². The molecule has 1 fully saturated rings. The van der Waals surface area contributed by atoms with Crippen molar-refractivity contribution < 1.29 is 49.8 Å². The summed E-state index contributed by atoms with van der Waals surface area (Å²) in [6.07, 6.45) is -16.9. The van der Waals surface area contributed by atoms with Crippen LogP contribution in [0.4, 0.5) is 26.3 Å². The van der Waals surface area contributed by atoms with Crippen LogP contribution in [0, 0.1) is 0 Å². The van der Waals surface area contributed by atoms with E-state index in [2.05, 4.69) is 13.8 Å². The number of hydrogen-bond acceptors (Lipinski definition) is 5. The van der Waals surface area contributed by atoms with Crippen LogP contribution in [0.2, 0.25) is 0 Å². The van der Waals surface area contributed by atoms with Gasteiger partial charge in [0.2, 0.25) is 0 Å². The normalized spacial score (nSPS) is 26.6. The molecule has 0 spiro atoms. The van der Waals surface area contributed by atoms with Crippen LogP contribution in [0.15, 0.2) is 0 Å². The average molecular weight is 345 g/mol. The first-order chi connectivity index (χ1) is 9.28. The Morgan fingerprint density at radius 3 is 2.05 bits per heavy atom. The van der Waals surface area contributed by atoms with Gasteiger partial charge in [0, 0.05) is 0 Å². The van der Waals surface area contributed by atoms with Crippen molar-refractivity contribution >= 4 is 13.3 Å². The maximum absolute atomic E-state index is 12.5. The predicted molar refractivity (Wildman–Crippen MR) is 56.2 cm³/mol. The van der Waals surface area contributed by atoms with Crippen molar-refractivity contribution in [2.75, 3.05) is 19.9 Å². The molecule has 12 heteroatoms. The summed E-state index contributed by atoms with van der Waals surface area (Å²) >= 11 is 0. The van der Waals surface area contributed by atoms with E-state index < -0.39 is 50.1 Å². The Kier molecular flexibility index (Phi) is 4.58. The molecule has 1 rings (SSSR count). The number of carbonyl (C=O) groups is 1. The summed E-state index contributed by atoms with van der Waals surface area (Å²) in [7, 11) is -4.82. The minimum atomic E-state index is -5.86. The van der Waals surface area contributed by atoms with Crippen molar-refractivity contribution in [2.45, 2.75) is 31.0 Å². The van der Waals surface area contributed by atoms with Crippen LogP contribution in [0.25, 0.3) is 0 Å². The van der Waals surface area contributed by atoms with Crippen LogP contribution in [0.1, 0.15) is 6.92 Å². The quantitative estimate of drug-likeness (QED) is 0.441. The molecule has 21 heavy (non-hydrogen) atoms. The standard InChI is InChI=1S/C9H12F6O5P/c1-3-21(17,5(4-19-21)6(16)18-2)20-7(8(10,11)12)9(13,14)15/h5,7H,3-4H2,1-2H3/q-1. The van der Waals surface area contributed by atoms with Crippen LogP contribution in [-0.2, 0) is 18.6 Å². The van der Waals surface area contributed by atoms with Crippen molar-refractivity contribution in [3.05, 3.63) is 0 Å². The molecule has 1 saturated heterocycles. The van der Waals surface area contributed by atoms with E-state index in [1.54, 1.807) is 0 Å². The molecule has 0 aliphatic carbocycles. The van der Waals surface area contributed by atoms with Crippen molar-refractivity contribution in [3.63, 3.8) is 0 Å². The number of alkyl halides is 6. The molecule has 1 unspecified atom stereocenters. The second kappa shape index (κ2) is 5.22. The van der Waals surface area contributed by atoms with E-state index in [9.17, 15) is 36.0 Å². The topological polar surface area (TPSA) is 67.8 Å². The number of carbonyl (C=O) groups excluding carboxylic acids is 1. The first kappa shape index (κ1) is 18.4. The number of halogens is 6. The zero-order valence-electron chi connectivity index (χ0n) is 10.8. The molecule has 1 aliphatic heterocycles. The fraction of sp³-hybridized carbons (Fsp3) is 0.889. The molecular formula is C9H12F6O5P-. The first-order valence-corrected chi connectivity index (χ1v) is 7.82. The van der Waals surface area contributed by atoms with E-state index in [-0.39, 0.29) is 0 Å². The van der Waals surface area contributed by atoms with Crippen molar-refractivity contribution in [1.29, 1.82) is 0 Å². The van der Waals surface area contributed by atoms with Gasteiger partial charge in [-0.25, -0.2) is 0 Å². The summed E-state index contributed by atoms with van der Waals surface area (Å²) in [5.74, 6) is -1.25. The molecule has 0 bridgehead atoms. The van der Waals surface area contributed by atoms with Gasteiger partial charge in [-0.1, -0.05) is 0 Å². The molecule has 0 aromatic heterocycles. The molecular weight excluding hydrogens is 333 g/mol. The summed E-state index contributed by atoms with van der Waals surface area (Å²) < 4.78 is 87.5. The Hall–Kier alpha value is -0.640. The second-order valence-electron chi connectivity index (χ2n) is 4.33. The monoisotopic (exact) mass is 345 g/mol. The van der Waals surface area contributed by atoms with Crippen LogP contribution in [0.5, 0.6) is 0 Å². The molecule has 0 aromatic carbocycles. The van der Waals surface area contributed by atoms with E-state index in [4.69, 9.17) is 0 Å². The molecule has 1 heterocycles. The fourth-order valence-corrected chi connectivity index (χ4v) is 4.73. The van der Waals surface area contributed by atoms with Gasteiger partial charge in [-0.05, 0) is 0 Å². The molecule has 0 saturated carbocycles. The van der Waals surface area contributed by atoms with Gasteiger partial charge in [0.25, 0.3) is 0 Å². The zero-order chi connectivity index (χ0) is 16.7. The van der Waals surface area contributed by atoms with E-state index in [1.807, 2.05) is 0 Å². The summed E-state index contributed by atoms with van der Waals surface area (Å²) in [5.41, 5.74) is -1.81. The Labute approximate surface area is 115 Å². The molecule has 5 nitrogen and oxygen atoms in total. The van der Waals surface area contributed by atoms with Crippen LogP contribution in [-0.4, -0.2) is 50.0 Å². The molecule has 126 valence electrons.